The van der Waals surface area contributed by atoms with Gasteiger partial charge in [0.05, 0.1) is 0 Å². The van der Waals surface area contributed by atoms with E-state index in [1.807, 2.05) is 6.92 Å². The molecule has 0 radical (unpaired) electrons. The molecule has 0 bridgehead atoms. The number of nitrogens with zero attached hydrogens (tertiary/aromatic N) is 1. The summed E-state index contributed by atoms with van der Waals surface area (Å²) in [5, 5.41) is 18.3. The Hall–Kier alpha value is -1.84. The normalized spacial score (nSPS) is 10.7. The van der Waals surface area contributed by atoms with Crippen LogP contribution in [0, 0.1) is 0 Å². The van der Waals surface area contributed by atoms with Crippen LogP contribution in [0.3, 0.4) is 0 Å². The summed E-state index contributed by atoms with van der Waals surface area (Å²) in [6.45, 7) is 2.65. The van der Waals surface area contributed by atoms with Crippen molar-refractivity contribution in [3.05, 3.63) is 29.3 Å². The molecule has 0 spiro atoms. The number of aromatic carboxylic acids is 1. The Kier molecular flexibility index (Phi) is 3.85. The monoisotopic (exact) mass is 207 g/mol. The van der Waals surface area contributed by atoms with Gasteiger partial charge in [-0.2, -0.15) is 0 Å². The second kappa shape index (κ2) is 5.14. The first kappa shape index (κ1) is 11.2. The van der Waals surface area contributed by atoms with Crippen LogP contribution in [-0.4, -0.2) is 28.9 Å². The van der Waals surface area contributed by atoms with Gasteiger partial charge in [-0.15, -0.1) is 0 Å². The number of rotatable bonds is 4. The van der Waals surface area contributed by atoms with Gasteiger partial charge in [0.1, 0.15) is 11.3 Å². The molecule has 0 amide bonds. The number of carboxylic acids is 1. The van der Waals surface area contributed by atoms with E-state index < -0.39 is 5.97 Å². The van der Waals surface area contributed by atoms with Gasteiger partial charge >= 0.3 is 5.97 Å². The summed E-state index contributed by atoms with van der Waals surface area (Å²) in [5.41, 5.74) is 0.332. The number of hydrogen-bond acceptors (Lipinski definition) is 3. The highest BCUT2D eigenvalue weighted by atomic mass is 16.4. The summed E-state index contributed by atoms with van der Waals surface area (Å²) in [4.78, 5) is 14.7. The topological polar surface area (TPSA) is 69.9 Å². The van der Waals surface area contributed by atoms with Crippen LogP contribution in [0.1, 0.15) is 29.3 Å². The van der Waals surface area contributed by atoms with Gasteiger partial charge in [-0.05, 0) is 18.6 Å². The van der Waals surface area contributed by atoms with Crippen molar-refractivity contribution >= 4 is 12.2 Å². The van der Waals surface area contributed by atoms with E-state index in [1.165, 1.54) is 12.3 Å². The molecule has 0 aliphatic rings. The van der Waals surface area contributed by atoms with Gasteiger partial charge in [0.15, 0.2) is 0 Å². The number of benzene rings is 1. The number of aliphatic imine (C=N–C) groups is 1. The zero-order valence-electron chi connectivity index (χ0n) is 8.47. The fourth-order valence-corrected chi connectivity index (χ4v) is 1.13. The van der Waals surface area contributed by atoms with Crippen molar-refractivity contribution in [2.75, 3.05) is 6.54 Å². The molecule has 0 fully saturated rings. The molecule has 0 saturated heterocycles. The van der Waals surface area contributed by atoms with E-state index >= 15 is 0 Å². The standard InChI is InChI=1S/C11H13NO3/c1-2-6-12-7-8-4-3-5-9(10(8)13)11(14)15/h3-5,7,13H,2,6H2,1H3,(H,14,15). The predicted octanol–water partition coefficient (Wildman–Crippen LogP) is 1.92. The first-order valence-electron chi connectivity index (χ1n) is 4.72. The third-order valence-electron chi connectivity index (χ3n) is 1.88. The van der Waals surface area contributed by atoms with Crippen molar-refractivity contribution in [2.24, 2.45) is 4.99 Å². The Morgan fingerprint density at radius 1 is 1.53 bits per heavy atom. The summed E-state index contributed by atoms with van der Waals surface area (Å²) >= 11 is 0. The van der Waals surface area contributed by atoms with Crippen molar-refractivity contribution in [3.63, 3.8) is 0 Å². The Balaban J connectivity index is 2.99. The fraction of sp³-hybridized carbons (Fsp3) is 0.273. The molecule has 15 heavy (non-hydrogen) atoms. The Morgan fingerprint density at radius 3 is 2.87 bits per heavy atom. The molecule has 2 N–H and O–H groups in total. The molecular weight excluding hydrogens is 194 g/mol. The van der Waals surface area contributed by atoms with Gasteiger partial charge in [-0.3, -0.25) is 4.99 Å². The van der Waals surface area contributed by atoms with Crippen LogP contribution in [0.4, 0.5) is 0 Å². The molecule has 1 aromatic carbocycles. The van der Waals surface area contributed by atoms with E-state index in [1.54, 1.807) is 12.1 Å². The van der Waals surface area contributed by atoms with E-state index in [2.05, 4.69) is 4.99 Å². The lowest BCUT2D eigenvalue weighted by Crippen LogP contribution is -1.98. The van der Waals surface area contributed by atoms with Crippen molar-refractivity contribution in [1.29, 1.82) is 0 Å². The molecule has 4 heteroatoms. The molecule has 80 valence electrons. The summed E-state index contributed by atoms with van der Waals surface area (Å²) in [5.74, 6) is -1.37. The van der Waals surface area contributed by atoms with Crippen molar-refractivity contribution in [1.82, 2.24) is 0 Å². The van der Waals surface area contributed by atoms with Gasteiger partial charge in [-0.1, -0.05) is 13.0 Å². The van der Waals surface area contributed by atoms with Crippen LogP contribution in [0.2, 0.25) is 0 Å². The lowest BCUT2D eigenvalue weighted by Gasteiger charge is -2.02. The SMILES string of the molecule is CCCN=Cc1cccc(C(=O)O)c1O. The van der Waals surface area contributed by atoms with Crippen LogP contribution in [0.5, 0.6) is 5.75 Å². The van der Waals surface area contributed by atoms with Gasteiger partial charge in [0.2, 0.25) is 0 Å². The first-order chi connectivity index (χ1) is 7.16. The van der Waals surface area contributed by atoms with Gasteiger partial charge in [0, 0.05) is 18.3 Å². The third-order valence-corrected chi connectivity index (χ3v) is 1.88. The lowest BCUT2D eigenvalue weighted by molar-refractivity contribution is 0.0693. The average Bonchev–Trinajstić information content (AvgIpc) is 2.20. The largest absolute Gasteiger partial charge is 0.506 e. The number of phenols is 1. The molecule has 0 unspecified atom stereocenters. The van der Waals surface area contributed by atoms with E-state index in [4.69, 9.17) is 5.11 Å². The van der Waals surface area contributed by atoms with Crippen LogP contribution in [-0.2, 0) is 0 Å². The van der Waals surface area contributed by atoms with Crippen LogP contribution in [0.25, 0.3) is 0 Å². The summed E-state index contributed by atoms with van der Waals surface area (Å²) in [6.07, 6.45) is 2.40. The molecule has 0 saturated carbocycles. The number of carbonyl (C=O) groups is 1. The second-order valence-corrected chi connectivity index (χ2v) is 3.08. The third kappa shape index (κ3) is 2.80. The summed E-state index contributed by atoms with van der Waals surface area (Å²) in [7, 11) is 0. The van der Waals surface area contributed by atoms with Crippen molar-refractivity contribution in [3.8, 4) is 5.75 Å². The first-order valence-corrected chi connectivity index (χ1v) is 4.72. The van der Waals surface area contributed by atoms with E-state index in [-0.39, 0.29) is 11.3 Å². The average molecular weight is 207 g/mol. The molecule has 1 rings (SSSR count). The second-order valence-electron chi connectivity index (χ2n) is 3.08. The van der Waals surface area contributed by atoms with Crippen LogP contribution >= 0.6 is 0 Å². The molecule has 0 aliphatic carbocycles. The van der Waals surface area contributed by atoms with Crippen molar-refractivity contribution in [2.45, 2.75) is 13.3 Å². The van der Waals surface area contributed by atoms with E-state index in [9.17, 15) is 9.90 Å². The van der Waals surface area contributed by atoms with Crippen molar-refractivity contribution < 1.29 is 15.0 Å². The van der Waals surface area contributed by atoms with Gasteiger partial charge < -0.3 is 10.2 Å². The van der Waals surface area contributed by atoms with Crippen LogP contribution < -0.4 is 0 Å². The number of carboxylic acid groups (broad SMARTS) is 1. The maximum atomic E-state index is 10.7. The molecule has 4 nitrogen and oxygen atoms in total. The number of para-hydroxylation sites is 1. The molecule has 0 aromatic heterocycles. The smallest absolute Gasteiger partial charge is 0.339 e. The predicted molar refractivity (Wildman–Crippen MR) is 57.8 cm³/mol. The Labute approximate surface area is 87.9 Å². The highest BCUT2D eigenvalue weighted by Crippen LogP contribution is 2.20. The minimum atomic E-state index is -1.14. The maximum absolute atomic E-state index is 10.7. The highest BCUT2D eigenvalue weighted by Gasteiger charge is 2.11. The zero-order valence-corrected chi connectivity index (χ0v) is 8.47. The van der Waals surface area contributed by atoms with E-state index in [0.29, 0.717) is 12.1 Å². The number of aromatic hydroxyl groups is 1. The highest BCUT2D eigenvalue weighted by molar-refractivity contribution is 5.95. The van der Waals surface area contributed by atoms with Gasteiger partial charge in [0.25, 0.3) is 0 Å². The Morgan fingerprint density at radius 2 is 2.27 bits per heavy atom. The Bertz CT molecular complexity index is 385. The molecule has 1 aromatic rings. The summed E-state index contributed by atoms with van der Waals surface area (Å²) < 4.78 is 0. The molecular formula is C11H13NO3. The molecule has 0 heterocycles. The maximum Gasteiger partial charge on any atom is 0.339 e. The summed E-state index contributed by atoms with van der Waals surface area (Å²) in [6, 6.07) is 4.56. The zero-order chi connectivity index (χ0) is 11.3. The molecule has 0 aliphatic heterocycles. The number of hydrogen-bond donors (Lipinski definition) is 2. The fourth-order valence-electron chi connectivity index (χ4n) is 1.13. The van der Waals surface area contributed by atoms with E-state index in [0.717, 1.165) is 6.42 Å². The minimum absolute atomic E-state index is 0.101. The quantitative estimate of drug-likeness (QED) is 0.741. The lowest BCUT2D eigenvalue weighted by atomic mass is 10.1. The minimum Gasteiger partial charge on any atom is -0.506 e. The molecule has 0 atom stereocenters. The van der Waals surface area contributed by atoms with Crippen LogP contribution in [0.15, 0.2) is 23.2 Å². The van der Waals surface area contributed by atoms with Gasteiger partial charge in [-0.25, -0.2) is 4.79 Å².